The van der Waals surface area contributed by atoms with E-state index in [4.69, 9.17) is 16.9 Å². The number of carbonyl (C=O) groups is 3. The Morgan fingerprint density at radius 2 is 1.71 bits per heavy atom. The maximum Gasteiger partial charge on any atom is 0.326 e. The highest BCUT2D eigenvalue weighted by atomic mass is 16.4. The van der Waals surface area contributed by atoms with Crippen LogP contribution in [0.1, 0.15) is 25.3 Å². The van der Waals surface area contributed by atoms with E-state index in [0.717, 1.165) is 5.56 Å². The number of carboxylic acids is 1. The first-order valence-electron chi connectivity index (χ1n) is 8.91. The molecule has 28 heavy (non-hydrogen) atoms. The highest BCUT2D eigenvalue weighted by Crippen LogP contribution is 2.05. The van der Waals surface area contributed by atoms with Gasteiger partial charge in [-0.05, 0) is 25.3 Å². The molecule has 1 aromatic carbocycles. The molecule has 0 bridgehead atoms. The van der Waals surface area contributed by atoms with E-state index in [1.54, 1.807) is 24.3 Å². The van der Waals surface area contributed by atoms with Crippen LogP contribution in [0, 0.1) is 5.41 Å². The smallest absolute Gasteiger partial charge is 0.326 e. The van der Waals surface area contributed by atoms with E-state index in [9.17, 15) is 19.5 Å². The number of benzene rings is 1. The van der Waals surface area contributed by atoms with E-state index in [-0.39, 0.29) is 18.8 Å². The maximum absolute atomic E-state index is 12.6. The van der Waals surface area contributed by atoms with E-state index >= 15 is 0 Å². The average molecular weight is 392 g/mol. The molecule has 0 fully saturated rings. The van der Waals surface area contributed by atoms with Gasteiger partial charge in [-0.25, -0.2) is 4.79 Å². The van der Waals surface area contributed by atoms with Crippen molar-refractivity contribution < 1.29 is 19.5 Å². The summed E-state index contributed by atoms with van der Waals surface area (Å²) in [5, 5.41) is 24.2. The molecule has 1 rings (SSSR count). The van der Waals surface area contributed by atoms with Gasteiger partial charge in [-0.15, -0.1) is 0 Å². The van der Waals surface area contributed by atoms with Crippen LogP contribution in [-0.2, 0) is 20.8 Å². The quantitative estimate of drug-likeness (QED) is 0.141. The molecule has 9 N–H and O–H groups in total. The largest absolute Gasteiger partial charge is 0.480 e. The first-order chi connectivity index (χ1) is 13.2. The van der Waals surface area contributed by atoms with E-state index in [0.29, 0.717) is 13.0 Å². The van der Waals surface area contributed by atoms with Gasteiger partial charge >= 0.3 is 5.97 Å². The van der Waals surface area contributed by atoms with Crippen molar-refractivity contribution in [3.63, 3.8) is 0 Å². The number of carboxylic acid groups (broad SMARTS) is 1. The molecule has 0 heterocycles. The SMILES string of the molecule is CC(N)C(=O)NC(CCCNC(=N)N)C(=O)NC(Cc1ccccc1)C(=O)O. The molecule has 0 spiro atoms. The lowest BCUT2D eigenvalue weighted by molar-refractivity contribution is -0.142. The number of carbonyl (C=O) groups excluding carboxylic acids is 2. The summed E-state index contributed by atoms with van der Waals surface area (Å²) >= 11 is 0. The number of hydrogen-bond donors (Lipinski definition) is 7. The molecule has 1 aromatic rings. The van der Waals surface area contributed by atoms with Gasteiger partial charge in [0.1, 0.15) is 12.1 Å². The highest BCUT2D eigenvalue weighted by Gasteiger charge is 2.27. The van der Waals surface area contributed by atoms with Crippen LogP contribution in [0.4, 0.5) is 0 Å². The van der Waals surface area contributed by atoms with Crippen molar-refractivity contribution in [1.29, 1.82) is 5.41 Å². The van der Waals surface area contributed by atoms with Gasteiger partial charge < -0.3 is 32.5 Å². The van der Waals surface area contributed by atoms with Crippen LogP contribution < -0.4 is 27.4 Å². The lowest BCUT2D eigenvalue weighted by atomic mass is 10.0. The zero-order chi connectivity index (χ0) is 21.1. The monoisotopic (exact) mass is 392 g/mol. The van der Waals surface area contributed by atoms with Crippen molar-refractivity contribution in [3.8, 4) is 0 Å². The van der Waals surface area contributed by atoms with Crippen molar-refractivity contribution in [2.75, 3.05) is 6.54 Å². The molecule has 154 valence electrons. The zero-order valence-electron chi connectivity index (χ0n) is 15.8. The van der Waals surface area contributed by atoms with Gasteiger partial charge in [0.25, 0.3) is 0 Å². The summed E-state index contributed by atoms with van der Waals surface area (Å²) in [6, 6.07) is 6.01. The van der Waals surface area contributed by atoms with Crippen molar-refractivity contribution >= 4 is 23.7 Å². The van der Waals surface area contributed by atoms with Crippen LogP contribution in [-0.4, -0.2) is 53.5 Å². The zero-order valence-corrected chi connectivity index (χ0v) is 15.8. The molecule has 3 unspecified atom stereocenters. The van der Waals surface area contributed by atoms with Crippen LogP contribution >= 0.6 is 0 Å². The molecule has 10 nitrogen and oxygen atoms in total. The Morgan fingerprint density at radius 1 is 1.11 bits per heavy atom. The fraction of sp³-hybridized carbons (Fsp3) is 0.444. The van der Waals surface area contributed by atoms with E-state index in [2.05, 4.69) is 16.0 Å². The van der Waals surface area contributed by atoms with E-state index in [1.165, 1.54) is 6.92 Å². The second-order valence-corrected chi connectivity index (χ2v) is 6.42. The van der Waals surface area contributed by atoms with E-state index < -0.39 is 35.9 Å². The average Bonchev–Trinajstić information content (AvgIpc) is 2.63. The summed E-state index contributed by atoms with van der Waals surface area (Å²) in [6.07, 6.45) is 0.761. The van der Waals surface area contributed by atoms with Gasteiger partial charge in [0, 0.05) is 13.0 Å². The first kappa shape index (κ1) is 22.9. The van der Waals surface area contributed by atoms with Crippen molar-refractivity contribution in [3.05, 3.63) is 35.9 Å². The summed E-state index contributed by atoms with van der Waals surface area (Å²) in [6.45, 7) is 1.82. The lowest BCUT2D eigenvalue weighted by Crippen LogP contribution is -2.54. The predicted octanol–water partition coefficient (Wildman–Crippen LogP) is -1.11. The molecule has 0 saturated carbocycles. The Balaban J connectivity index is 2.78. The Bertz CT molecular complexity index is 680. The van der Waals surface area contributed by atoms with Gasteiger partial charge in [-0.1, -0.05) is 30.3 Å². The predicted molar refractivity (Wildman–Crippen MR) is 104 cm³/mol. The molecule has 10 heteroatoms. The minimum atomic E-state index is -1.17. The molecular weight excluding hydrogens is 364 g/mol. The number of hydrogen-bond acceptors (Lipinski definition) is 5. The fourth-order valence-corrected chi connectivity index (χ4v) is 2.42. The van der Waals surface area contributed by atoms with Crippen molar-refractivity contribution in [2.45, 2.75) is 44.3 Å². The molecule has 0 aliphatic heterocycles. The van der Waals surface area contributed by atoms with Crippen LogP contribution in [0.3, 0.4) is 0 Å². The second kappa shape index (κ2) is 11.5. The molecule has 0 radical (unpaired) electrons. The molecule has 2 amide bonds. The van der Waals surface area contributed by atoms with Crippen molar-refractivity contribution in [2.24, 2.45) is 11.5 Å². The number of nitrogens with one attached hydrogen (secondary N) is 4. The molecule has 3 atom stereocenters. The van der Waals surface area contributed by atoms with Crippen LogP contribution in [0.15, 0.2) is 30.3 Å². The third kappa shape index (κ3) is 8.49. The third-order valence-corrected chi connectivity index (χ3v) is 3.93. The van der Waals surface area contributed by atoms with Gasteiger partial charge in [0.15, 0.2) is 5.96 Å². The number of rotatable bonds is 11. The minimum absolute atomic E-state index is 0.113. The molecule has 0 saturated heterocycles. The Morgan fingerprint density at radius 3 is 2.25 bits per heavy atom. The Hall–Kier alpha value is -3.14. The lowest BCUT2D eigenvalue weighted by Gasteiger charge is -2.22. The standard InChI is InChI=1S/C18H28N6O4/c1-11(19)15(25)23-13(8-5-9-22-18(20)21)16(26)24-14(17(27)28)10-12-6-3-2-4-7-12/h2-4,6-7,11,13-14H,5,8-10,19H2,1H3,(H,23,25)(H,24,26)(H,27,28)(H4,20,21,22). The Labute approximate surface area is 163 Å². The van der Waals surface area contributed by atoms with Gasteiger partial charge in [-0.3, -0.25) is 15.0 Å². The summed E-state index contributed by atoms with van der Waals surface area (Å²) in [5.41, 5.74) is 11.5. The fourth-order valence-electron chi connectivity index (χ4n) is 2.42. The summed E-state index contributed by atoms with van der Waals surface area (Å²) in [4.78, 5) is 36.1. The summed E-state index contributed by atoms with van der Waals surface area (Å²) < 4.78 is 0. The van der Waals surface area contributed by atoms with Gasteiger partial charge in [0.2, 0.25) is 11.8 Å². The van der Waals surface area contributed by atoms with Gasteiger partial charge in [0.05, 0.1) is 6.04 Å². The molecule has 0 aliphatic rings. The normalized spacial score (nSPS) is 13.6. The number of amides is 2. The first-order valence-corrected chi connectivity index (χ1v) is 8.91. The van der Waals surface area contributed by atoms with Crippen LogP contribution in [0.2, 0.25) is 0 Å². The number of aliphatic carboxylic acids is 1. The number of nitrogens with two attached hydrogens (primary N) is 2. The van der Waals surface area contributed by atoms with Crippen LogP contribution in [0.25, 0.3) is 0 Å². The second-order valence-electron chi connectivity index (χ2n) is 6.42. The molecular formula is C18H28N6O4. The molecule has 0 aromatic heterocycles. The topological polar surface area (TPSA) is 183 Å². The van der Waals surface area contributed by atoms with Crippen LogP contribution in [0.5, 0.6) is 0 Å². The Kier molecular flexibility index (Phi) is 9.44. The maximum atomic E-state index is 12.6. The molecule has 0 aliphatic carbocycles. The van der Waals surface area contributed by atoms with E-state index in [1.807, 2.05) is 6.07 Å². The summed E-state index contributed by atoms with van der Waals surface area (Å²) in [7, 11) is 0. The number of guanidine groups is 1. The highest BCUT2D eigenvalue weighted by molar-refractivity contribution is 5.91. The van der Waals surface area contributed by atoms with Crippen molar-refractivity contribution in [1.82, 2.24) is 16.0 Å². The minimum Gasteiger partial charge on any atom is -0.480 e. The third-order valence-electron chi connectivity index (χ3n) is 3.93. The van der Waals surface area contributed by atoms with Gasteiger partial charge in [-0.2, -0.15) is 0 Å². The summed E-state index contributed by atoms with van der Waals surface area (Å²) in [5.74, 6) is -2.50.